The Morgan fingerprint density at radius 3 is 2.26 bits per heavy atom. The van der Waals surface area contributed by atoms with E-state index in [2.05, 4.69) is 4.72 Å². The predicted molar refractivity (Wildman–Crippen MR) is 83.5 cm³/mol. The highest BCUT2D eigenvalue weighted by molar-refractivity contribution is 7.92. The van der Waals surface area contributed by atoms with Crippen LogP contribution in [0.25, 0.3) is 0 Å². The molecule has 0 saturated heterocycles. The van der Waals surface area contributed by atoms with Crippen molar-refractivity contribution in [3.8, 4) is 0 Å². The van der Waals surface area contributed by atoms with Crippen molar-refractivity contribution < 1.29 is 21.6 Å². The first-order valence-electron chi connectivity index (χ1n) is 6.16. The van der Waals surface area contributed by atoms with Crippen LogP contribution in [0.5, 0.6) is 0 Å². The molecule has 0 fully saturated rings. The highest BCUT2D eigenvalue weighted by Gasteiger charge is 2.30. The van der Waals surface area contributed by atoms with Gasteiger partial charge < -0.3 is 0 Å². The lowest BCUT2D eigenvalue weighted by molar-refractivity contribution is -0.137. The van der Waals surface area contributed by atoms with Gasteiger partial charge in [0.15, 0.2) is 0 Å². The van der Waals surface area contributed by atoms with Crippen molar-refractivity contribution in [1.82, 2.24) is 0 Å². The summed E-state index contributed by atoms with van der Waals surface area (Å²) in [5, 5.41) is 0.212. The smallest absolute Gasteiger partial charge is 0.280 e. The quantitative estimate of drug-likeness (QED) is 0.799. The molecule has 0 unspecified atom stereocenters. The molecule has 2 aromatic rings. The maximum absolute atomic E-state index is 12.7. The molecule has 0 radical (unpaired) electrons. The number of hydrogen-bond acceptors (Lipinski definition) is 2. The Morgan fingerprint density at radius 2 is 1.65 bits per heavy atom. The van der Waals surface area contributed by atoms with Gasteiger partial charge in [-0.3, -0.25) is 4.72 Å². The maximum Gasteiger partial charge on any atom is 0.416 e. The van der Waals surface area contributed by atoms with Crippen LogP contribution in [-0.4, -0.2) is 8.42 Å². The monoisotopic (exact) mass is 383 g/mol. The fourth-order valence-electron chi connectivity index (χ4n) is 1.89. The van der Waals surface area contributed by atoms with Crippen LogP contribution in [-0.2, 0) is 16.2 Å². The molecule has 0 saturated carbocycles. The zero-order valence-electron chi connectivity index (χ0n) is 11.6. The third-order valence-corrected chi connectivity index (χ3v) is 5.19. The number of sulfonamides is 1. The number of aryl methyl sites for hydroxylation is 1. The Balaban J connectivity index is 2.42. The fourth-order valence-corrected chi connectivity index (χ4v) is 3.64. The first-order valence-corrected chi connectivity index (χ1v) is 8.40. The molecule has 0 aliphatic carbocycles. The lowest BCUT2D eigenvalue weighted by Gasteiger charge is -2.13. The molecule has 9 heteroatoms. The molecule has 0 aliphatic rings. The molecule has 0 bridgehead atoms. The van der Waals surface area contributed by atoms with Crippen molar-refractivity contribution in [1.29, 1.82) is 0 Å². The van der Waals surface area contributed by atoms with E-state index in [-0.39, 0.29) is 20.6 Å². The minimum absolute atomic E-state index is 0.0293. The largest absolute Gasteiger partial charge is 0.416 e. The summed E-state index contributed by atoms with van der Waals surface area (Å²) in [5.41, 5.74) is -0.840. The van der Waals surface area contributed by atoms with E-state index in [4.69, 9.17) is 23.2 Å². The van der Waals surface area contributed by atoms with Gasteiger partial charge in [-0.2, -0.15) is 13.2 Å². The Kier molecular flexibility index (Phi) is 4.84. The van der Waals surface area contributed by atoms with Crippen LogP contribution in [0.4, 0.5) is 18.9 Å². The van der Waals surface area contributed by atoms with E-state index in [1.54, 1.807) is 0 Å². The van der Waals surface area contributed by atoms with Crippen LogP contribution in [0.15, 0.2) is 41.3 Å². The molecule has 0 spiro atoms. The third-order valence-electron chi connectivity index (χ3n) is 2.95. The van der Waals surface area contributed by atoms with Crippen molar-refractivity contribution in [3.63, 3.8) is 0 Å². The van der Waals surface area contributed by atoms with E-state index in [0.29, 0.717) is 11.6 Å². The number of nitrogens with one attached hydrogen (secondary N) is 1. The number of hydrogen-bond donors (Lipinski definition) is 1. The molecule has 0 aliphatic heterocycles. The summed E-state index contributed by atoms with van der Waals surface area (Å²) in [6.45, 7) is 1.50. The Morgan fingerprint density at radius 1 is 1.04 bits per heavy atom. The van der Waals surface area contributed by atoms with Crippen molar-refractivity contribution in [2.24, 2.45) is 0 Å². The lowest BCUT2D eigenvalue weighted by atomic mass is 10.2. The van der Waals surface area contributed by atoms with Gasteiger partial charge >= 0.3 is 6.18 Å². The topological polar surface area (TPSA) is 46.2 Å². The van der Waals surface area contributed by atoms with Gasteiger partial charge in [0.2, 0.25) is 0 Å². The molecule has 0 aromatic heterocycles. The molecule has 2 rings (SSSR count). The van der Waals surface area contributed by atoms with E-state index in [1.807, 2.05) is 0 Å². The molecule has 2 aromatic carbocycles. The minimum Gasteiger partial charge on any atom is -0.280 e. The molecule has 3 nitrogen and oxygen atoms in total. The van der Waals surface area contributed by atoms with Crippen LogP contribution < -0.4 is 4.72 Å². The maximum atomic E-state index is 12.7. The molecule has 0 amide bonds. The summed E-state index contributed by atoms with van der Waals surface area (Å²) in [6.07, 6.45) is -4.57. The molecule has 1 N–H and O–H groups in total. The van der Waals surface area contributed by atoms with Gasteiger partial charge in [0, 0.05) is 5.69 Å². The SMILES string of the molecule is Cc1cc(Cl)c(Cl)cc1S(=O)(=O)Nc1cccc(C(F)(F)F)c1. The first kappa shape index (κ1) is 17.9. The number of anilines is 1. The van der Waals surface area contributed by atoms with Crippen LogP contribution in [0.2, 0.25) is 10.0 Å². The second-order valence-electron chi connectivity index (χ2n) is 4.72. The first-order chi connectivity index (χ1) is 10.5. The summed E-state index contributed by atoms with van der Waals surface area (Å²) < 4.78 is 64.8. The van der Waals surface area contributed by atoms with Crippen molar-refractivity contribution in [3.05, 3.63) is 57.6 Å². The summed E-state index contributed by atoms with van der Waals surface area (Å²) in [5.74, 6) is 0. The zero-order valence-corrected chi connectivity index (χ0v) is 13.9. The minimum atomic E-state index is -4.57. The Labute approximate surface area is 141 Å². The number of rotatable bonds is 3. The van der Waals surface area contributed by atoms with Crippen LogP contribution in [0.1, 0.15) is 11.1 Å². The normalized spacial score (nSPS) is 12.3. The fraction of sp³-hybridized carbons (Fsp3) is 0.143. The van der Waals surface area contributed by atoms with E-state index in [0.717, 1.165) is 18.2 Å². The van der Waals surface area contributed by atoms with Crippen LogP contribution in [0.3, 0.4) is 0 Å². The Hall–Kier alpha value is -1.44. The van der Waals surface area contributed by atoms with Crippen LogP contribution >= 0.6 is 23.2 Å². The summed E-state index contributed by atoms with van der Waals surface area (Å²) >= 11 is 11.6. The number of alkyl halides is 3. The summed E-state index contributed by atoms with van der Waals surface area (Å²) in [4.78, 5) is -0.163. The van der Waals surface area contributed by atoms with Gasteiger partial charge in [-0.05, 0) is 42.8 Å². The Bertz CT molecular complexity index is 852. The molecular weight excluding hydrogens is 374 g/mol. The zero-order chi connectivity index (χ0) is 17.4. The highest BCUT2D eigenvalue weighted by atomic mass is 35.5. The van der Waals surface area contributed by atoms with Crippen molar-refractivity contribution in [2.45, 2.75) is 18.0 Å². The second-order valence-corrected chi connectivity index (χ2v) is 7.18. The van der Waals surface area contributed by atoms with Gasteiger partial charge in [0.25, 0.3) is 10.0 Å². The molecule has 124 valence electrons. The molecule has 0 atom stereocenters. The lowest BCUT2D eigenvalue weighted by Crippen LogP contribution is -2.15. The molecule has 23 heavy (non-hydrogen) atoms. The van der Waals surface area contributed by atoms with Gasteiger partial charge in [-0.1, -0.05) is 29.3 Å². The molecule has 0 heterocycles. The van der Waals surface area contributed by atoms with Crippen molar-refractivity contribution in [2.75, 3.05) is 4.72 Å². The second kappa shape index (κ2) is 6.22. The summed E-state index contributed by atoms with van der Waals surface area (Å²) in [6, 6.07) is 6.41. The molecular formula is C14H10Cl2F3NO2S. The van der Waals surface area contributed by atoms with Gasteiger partial charge in [-0.15, -0.1) is 0 Å². The summed E-state index contributed by atoms with van der Waals surface area (Å²) in [7, 11) is -4.11. The number of halogens is 5. The van der Waals surface area contributed by atoms with E-state index < -0.39 is 21.8 Å². The van der Waals surface area contributed by atoms with Gasteiger partial charge in [-0.25, -0.2) is 8.42 Å². The van der Waals surface area contributed by atoms with E-state index in [9.17, 15) is 21.6 Å². The van der Waals surface area contributed by atoms with E-state index >= 15 is 0 Å². The predicted octanol–water partition coefficient (Wildman–Crippen LogP) is 5.12. The third kappa shape index (κ3) is 4.10. The van der Waals surface area contributed by atoms with E-state index in [1.165, 1.54) is 19.1 Å². The van der Waals surface area contributed by atoms with Gasteiger partial charge in [0.05, 0.1) is 20.5 Å². The highest BCUT2D eigenvalue weighted by Crippen LogP contribution is 2.32. The van der Waals surface area contributed by atoms with Crippen molar-refractivity contribution >= 4 is 38.9 Å². The average Bonchev–Trinajstić information content (AvgIpc) is 2.41. The average molecular weight is 384 g/mol. The standard InChI is InChI=1S/C14H10Cl2F3NO2S/c1-8-5-11(15)12(16)7-13(8)23(21,22)20-10-4-2-3-9(6-10)14(17,18)19/h2-7,20H,1H3. The number of benzene rings is 2. The van der Waals surface area contributed by atoms with Crippen LogP contribution in [0, 0.1) is 6.92 Å². The van der Waals surface area contributed by atoms with Gasteiger partial charge in [0.1, 0.15) is 0 Å².